The van der Waals surface area contributed by atoms with Gasteiger partial charge >= 0.3 is 6.03 Å². The second-order valence-corrected chi connectivity index (χ2v) is 2.38. The Labute approximate surface area is 70.2 Å². The lowest BCUT2D eigenvalue weighted by molar-refractivity contribution is -0.0470. The highest BCUT2D eigenvalue weighted by Crippen LogP contribution is 2.01. The monoisotopic (exact) mass is 166 g/mol. The highest BCUT2D eigenvalue weighted by molar-refractivity contribution is 5.70. The van der Waals surface area contributed by atoms with Gasteiger partial charge in [-0.1, -0.05) is 30.3 Å². The fourth-order valence-corrected chi connectivity index (χ4v) is 0.834. The maximum atomic E-state index is 10.4. The van der Waals surface area contributed by atoms with Gasteiger partial charge in [-0.2, -0.15) is 0 Å². The smallest absolute Gasteiger partial charge is 0.338 e. The molecule has 1 aromatic rings. The predicted octanol–water partition coefficient (Wildman–Crippen LogP) is 0.957. The molecule has 64 valence electrons. The Hall–Kier alpha value is -1.55. The van der Waals surface area contributed by atoms with Gasteiger partial charge in [0.25, 0.3) is 0 Å². The van der Waals surface area contributed by atoms with Crippen molar-refractivity contribution < 1.29 is 10.0 Å². The summed E-state index contributed by atoms with van der Waals surface area (Å²) < 4.78 is 0. The molecule has 12 heavy (non-hydrogen) atoms. The molecule has 0 bridgehead atoms. The van der Waals surface area contributed by atoms with Crippen LogP contribution in [0.3, 0.4) is 0 Å². The molecular formula is C8H10N2O2. The molecule has 1 aromatic carbocycles. The Kier molecular flexibility index (Phi) is 2.66. The average Bonchev–Trinajstić information content (AvgIpc) is 2.06. The van der Waals surface area contributed by atoms with Gasteiger partial charge in [-0.3, -0.25) is 5.21 Å². The average molecular weight is 166 g/mol. The SMILES string of the molecule is NC(=O)N(O)Cc1ccccc1. The van der Waals surface area contributed by atoms with Gasteiger partial charge in [0.1, 0.15) is 0 Å². The first-order valence-electron chi connectivity index (χ1n) is 3.50. The summed E-state index contributed by atoms with van der Waals surface area (Å²) in [6, 6.07) is 8.25. The molecule has 0 heterocycles. The summed E-state index contributed by atoms with van der Waals surface area (Å²) in [6.07, 6.45) is 0. The summed E-state index contributed by atoms with van der Waals surface area (Å²) >= 11 is 0. The minimum atomic E-state index is -0.848. The number of amides is 2. The van der Waals surface area contributed by atoms with Crippen molar-refractivity contribution in [3.8, 4) is 0 Å². The third-order valence-electron chi connectivity index (χ3n) is 1.43. The van der Waals surface area contributed by atoms with Gasteiger partial charge in [0.05, 0.1) is 6.54 Å². The van der Waals surface area contributed by atoms with Crippen molar-refractivity contribution in [2.45, 2.75) is 6.54 Å². The summed E-state index contributed by atoms with van der Waals surface area (Å²) in [5, 5.41) is 9.41. The van der Waals surface area contributed by atoms with Crippen molar-refractivity contribution in [2.24, 2.45) is 5.73 Å². The molecule has 0 fully saturated rings. The molecular weight excluding hydrogens is 156 g/mol. The molecule has 4 nitrogen and oxygen atoms in total. The van der Waals surface area contributed by atoms with E-state index >= 15 is 0 Å². The fourth-order valence-electron chi connectivity index (χ4n) is 0.834. The molecule has 1 rings (SSSR count). The van der Waals surface area contributed by atoms with E-state index < -0.39 is 6.03 Å². The molecule has 0 aliphatic carbocycles. The van der Waals surface area contributed by atoms with Gasteiger partial charge in [0, 0.05) is 0 Å². The molecule has 0 unspecified atom stereocenters. The minimum absolute atomic E-state index is 0.121. The molecule has 0 atom stereocenters. The van der Waals surface area contributed by atoms with Gasteiger partial charge in [0.2, 0.25) is 0 Å². The summed E-state index contributed by atoms with van der Waals surface area (Å²) in [5.41, 5.74) is 5.65. The molecule has 0 aliphatic rings. The minimum Gasteiger partial charge on any atom is -0.350 e. The maximum absolute atomic E-state index is 10.4. The lowest BCUT2D eigenvalue weighted by Crippen LogP contribution is -2.31. The van der Waals surface area contributed by atoms with E-state index in [-0.39, 0.29) is 6.54 Å². The number of carbonyl (C=O) groups is 1. The van der Waals surface area contributed by atoms with Crippen LogP contribution in [0.2, 0.25) is 0 Å². The van der Waals surface area contributed by atoms with Gasteiger partial charge < -0.3 is 5.73 Å². The first-order chi connectivity index (χ1) is 5.70. The number of nitrogens with two attached hydrogens (primary N) is 1. The van der Waals surface area contributed by atoms with Crippen LogP contribution in [0.5, 0.6) is 0 Å². The van der Waals surface area contributed by atoms with Crippen LogP contribution < -0.4 is 5.73 Å². The molecule has 0 radical (unpaired) electrons. The lowest BCUT2D eigenvalue weighted by Gasteiger charge is -2.10. The van der Waals surface area contributed by atoms with Crippen molar-refractivity contribution in [1.29, 1.82) is 0 Å². The van der Waals surface area contributed by atoms with E-state index in [0.29, 0.717) is 5.06 Å². The van der Waals surface area contributed by atoms with E-state index in [1.807, 2.05) is 18.2 Å². The van der Waals surface area contributed by atoms with E-state index in [2.05, 4.69) is 0 Å². The third kappa shape index (κ3) is 2.25. The zero-order valence-corrected chi connectivity index (χ0v) is 6.47. The standard InChI is InChI=1S/C8H10N2O2/c9-8(11)10(12)6-7-4-2-1-3-5-7/h1-5,12H,6H2,(H2,9,11). The predicted molar refractivity (Wildman–Crippen MR) is 43.4 cm³/mol. The van der Waals surface area contributed by atoms with Gasteiger partial charge in [0.15, 0.2) is 0 Å². The number of rotatable bonds is 2. The van der Waals surface area contributed by atoms with Crippen LogP contribution in [0.15, 0.2) is 30.3 Å². The van der Waals surface area contributed by atoms with Crippen molar-refractivity contribution >= 4 is 6.03 Å². The van der Waals surface area contributed by atoms with Crippen LogP contribution >= 0.6 is 0 Å². The van der Waals surface area contributed by atoms with Gasteiger partial charge in [-0.25, -0.2) is 9.86 Å². The second kappa shape index (κ2) is 3.73. The summed E-state index contributed by atoms with van der Waals surface area (Å²) in [7, 11) is 0. The number of hydrogen-bond acceptors (Lipinski definition) is 2. The number of nitrogens with zero attached hydrogens (tertiary/aromatic N) is 1. The normalized spacial score (nSPS) is 9.42. The van der Waals surface area contributed by atoms with Crippen molar-refractivity contribution in [3.05, 3.63) is 35.9 Å². The van der Waals surface area contributed by atoms with Crippen LogP contribution in [0.25, 0.3) is 0 Å². The fraction of sp³-hybridized carbons (Fsp3) is 0.125. The number of benzene rings is 1. The van der Waals surface area contributed by atoms with Crippen LogP contribution in [-0.4, -0.2) is 16.3 Å². The largest absolute Gasteiger partial charge is 0.350 e. The van der Waals surface area contributed by atoms with E-state index in [4.69, 9.17) is 10.9 Å². The zero-order valence-electron chi connectivity index (χ0n) is 6.47. The molecule has 0 saturated heterocycles. The van der Waals surface area contributed by atoms with Gasteiger partial charge in [-0.15, -0.1) is 0 Å². The number of primary amides is 1. The van der Waals surface area contributed by atoms with E-state index in [1.165, 1.54) is 0 Å². The highest BCUT2D eigenvalue weighted by Gasteiger charge is 2.04. The number of hydroxylamine groups is 2. The molecule has 3 N–H and O–H groups in total. The molecule has 0 saturated carbocycles. The number of urea groups is 1. The van der Waals surface area contributed by atoms with Crippen LogP contribution in [0, 0.1) is 0 Å². The van der Waals surface area contributed by atoms with Crippen LogP contribution in [0.4, 0.5) is 4.79 Å². The molecule has 0 aromatic heterocycles. The topological polar surface area (TPSA) is 66.6 Å². The number of hydrogen-bond donors (Lipinski definition) is 2. The second-order valence-electron chi connectivity index (χ2n) is 2.38. The van der Waals surface area contributed by atoms with Crippen LogP contribution in [-0.2, 0) is 6.54 Å². The lowest BCUT2D eigenvalue weighted by atomic mass is 10.2. The summed E-state index contributed by atoms with van der Waals surface area (Å²) in [6.45, 7) is 0.121. The van der Waals surface area contributed by atoms with Crippen molar-refractivity contribution in [3.63, 3.8) is 0 Å². The third-order valence-corrected chi connectivity index (χ3v) is 1.43. The van der Waals surface area contributed by atoms with E-state index in [0.717, 1.165) is 5.56 Å². The summed E-state index contributed by atoms with van der Waals surface area (Å²) in [4.78, 5) is 10.4. The zero-order chi connectivity index (χ0) is 8.97. The highest BCUT2D eigenvalue weighted by atomic mass is 16.5. The molecule has 2 amide bonds. The Bertz CT molecular complexity index is 261. The van der Waals surface area contributed by atoms with E-state index in [1.54, 1.807) is 12.1 Å². The van der Waals surface area contributed by atoms with Crippen molar-refractivity contribution in [2.75, 3.05) is 0 Å². The Morgan fingerprint density at radius 3 is 2.50 bits per heavy atom. The molecule has 4 heteroatoms. The van der Waals surface area contributed by atoms with Crippen molar-refractivity contribution in [1.82, 2.24) is 5.06 Å². The first kappa shape index (κ1) is 8.55. The quantitative estimate of drug-likeness (QED) is 0.507. The Balaban J connectivity index is 2.58. The van der Waals surface area contributed by atoms with Crippen LogP contribution in [0.1, 0.15) is 5.56 Å². The van der Waals surface area contributed by atoms with Gasteiger partial charge in [-0.05, 0) is 5.56 Å². The summed E-state index contributed by atoms with van der Waals surface area (Å²) in [5.74, 6) is 0. The Morgan fingerprint density at radius 1 is 1.42 bits per heavy atom. The molecule has 0 spiro atoms. The maximum Gasteiger partial charge on any atom is 0.338 e. The number of carbonyl (C=O) groups excluding carboxylic acids is 1. The first-order valence-corrected chi connectivity index (χ1v) is 3.50. The molecule has 0 aliphatic heterocycles. The van der Waals surface area contributed by atoms with E-state index in [9.17, 15) is 4.79 Å². The Morgan fingerprint density at radius 2 is 2.00 bits per heavy atom.